The number of hydrogen-bond acceptors (Lipinski definition) is 3. The van der Waals surface area contributed by atoms with E-state index in [1.807, 2.05) is 11.0 Å². The fourth-order valence-corrected chi connectivity index (χ4v) is 3.46. The van der Waals surface area contributed by atoms with Crippen LogP contribution >= 0.6 is 0 Å². The molecular formula is C21H19F2N3O. The van der Waals surface area contributed by atoms with Gasteiger partial charge < -0.3 is 9.80 Å². The minimum atomic E-state index is -0.345. The molecule has 4 nitrogen and oxygen atoms in total. The van der Waals surface area contributed by atoms with E-state index in [1.54, 1.807) is 35.4 Å². The highest BCUT2D eigenvalue weighted by atomic mass is 19.1. The van der Waals surface area contributed by atoms with Crippen LogP contribution in [0.15, 0.2) is 54.7 Å². The van der Waals surface area contributed by atoms with Gasteiger partial charge in [-0.2, -0.15) is 0 Å². The number of benzene rings is 2. The predicted molar refractivity (Wildman–Crippen MR) is 101 cm³/mol. The van der Waals surface area contributed by atoms with Gasteiger partial charge in [0.1, 0.15) is 17.3 Å². The molecule has 0 radical (unpaired) electrons. The number of carbonyl (C=O) groups excluding carboxylic acids is 1. The summed E-state index contributed by atoms with van der Waals surface area (Å²) in [7, 11) is 0. The maximum Gasteiger partial charge on any atom is 0.272 e. The zero-order valence-corrected chi connectivity index (χ0v) is 14.7. The smallest absolute Gasteiger partial charge is 0.272 e. The number of anilines is 1. The highest BCUT2D eigenvalue weighted by molar-refractivity contribution is 5.96. The highest BCUT2D eigenvalue weighted by Gasteiger charge is 2.22. The quantitative estimate of drug-likeness (QED) is 0.690. The molecule has 1 aliphatic heterocycles. The number of para-hydroxylation sites is 1. The average molecular weight is 367 g/mol. The predicted octanol–water partition coefficient (Wildman–Crippen LogP) is 3.87. The van der Waals surface area contributed by atoms with Crippen molar-refractivity contribution in [3.05, 3.63) is 72.1 Å². The van der Waals surface area contributed by atoms with Gasteiger partial charge >= 0.3 is 0 Å². The van der Waals surface area contributed by atoms with Crippen molar-refractivity contribution in [2.24, 2.45) is 0 Å². The lowest BCUT2D eigenvalue weighted by Crippen LogP contribution is -2.35. The van der Waals surface area contributed by atoms with Gasteiger partial charge in [-0.25, -0.2) is 8.78 Å². The molecule has 138 valence electrons. The largest absolute Gasteiger partial charge is 0.367 e. The Bertz CT molecular complexity index is 992. The molecule has 1 amide bonds. The van der Waals surface area contributed by atoms with Crippen molar-refractivity contribution in [1.29, 1.82) is 0 Å². The normalized spacial score (nSPS) is 15.0. The Morgan fingerprint density at radius 2 is 1.78 bits per heavy atom. The van der Waals surface area contributed by atoms with Gasteiger partial charge in [-0.15, -0.1) is 0 Å². The zero-order chi connectivity index (χ0) is 18.8. The molecule has 1 aromatic heterocycles. The van der Waals surface area contributed by atoms with Crippen molar-refractivity contribution < 1.29 is 13.6 Å². The number of rotatable bonds is 2. The van der Waals surface area contributed by atoms with E-state index in [4.69, 9.17) is 0 Å². The third kappa shape index (κ3) is 3.60. The third-order valence-corrected chi connectivity index (χ3v) is 4.88. The molecule has 27 heavy (non-hydrogen) atoms. The molecule has 1 aliphatic rings. The van der Waals surface area contributed by atoms with Crippen LogP contribution in [-0.2, 0) is 0 Å². The zero-order valence-electron chi connectivity index (χ0n) is 14.7. The maximum atomic E-state index is 14.0. The molecule has 2 heterocycles. The van der Waals surface area contributed by atoms with E-state index in [9.17, 15) is 13.6 Å². The van der Waals surface area contributed by atoms with Gasteiger partial charge in [0.25, 0.3) is 5.91 Å². The molecule has 0 unspecified atom stereocenters. The van der Waals surface area contributed by atoms with E-state index in [2.05, 4.69) is 4.98 Å². The first kappa shape index (κ1) is 17.4. The molecule has 0 bridgehead atoms. The van der Waals surface area contributed by atoms with E-state index >= 15 is 0 Å². The summed E-state index contributed by atoms with van der Waals surface area (Å²) in [4.78, 5) is 20.8. The van der Waals surface area contributed by atoms with Gasteiger partial charge in [0.15, 0.2) is 0 Å². The van der Waals surface area contributed by atoms with Crippen molar-refractivity contribution in [2.45, 2.75) is 6.42 Å². The van der Waals surface area contributed by atoms with Crippen LogP contribution in [0.1, 0.15) is 16.9 Å². The monoisotopic (exact) mass is 367 g/mol. The lowest BCUT2D eigenvalue weighted by atomic mass is 10.1. The van der Waals surface area contributed by atoms with Crippen molar-refractivity contribution >= 4 is 22.4 Å². The van der Waals surface area contributed by atoms with Crippen LogP contribution in [0.2, 0.25) is 0 Å². The van der Waals surface area contributed by atoms with E-state index in [0.717, 1.165) is 11.8 Å². The van der Waals surface area contributed by atoms with Crippen LogP contribution in [0.4, 0.5) is 14.5 Å². The number of hydrogen-bond donors (Lipinski definition) is 0. The Labute approximate surface area is 156 Å². The second-order valence-corrected chi connectivity index (χ2v) is 6.65. The van der Waals surface area contributed by atoms with Crippen LogP contribution in [0.3, 0.4) is 0 Å². The number of carbonyl (C=O) groups is 1. The Morgan fingerprint density at radius 3 is 2.63 bits per heavy atom. The van der Waals surface area contributed by atoms with Crippen LogP contribution in [0.25, 0.3) is 10.8 Å². The maximum absolute atomic E-state index is 14.0. The van der Waals surface area contributed by atoms with Crippen LogP contribution < -0.4 is 4.90 Å². The van der Waals surface area contributed by atoms with Crippen molar-refractivity contribution in [2.75, 3.05) is 31.1 Å². The summed E-state index contributed by atoms with van der Waals surface area (Å²) in [5, 5.41) is 1.44. The summed E-state index contributed by atoms with van der Waals surface area (Å²) >= 11 is 0. The standard InChI is InChI=1S/C21H19F2N3O/c22-17-7-6-15-14-24-19(13-16(15)12-17)21(27)26-9-3-8-25(10-11-26)20-5-2-1-4-18(20)23/h1-2,4-7,12-14H,3,8-11H2. The molecule has 0 atom stereocenters. The topological polar surface area (TPSA) is 36.4 Å². The second-order valence-electron chi connectivity index (χ2n) is 6.65. The fourth-order valence-electron chi connectivity index (χ4n) is 3.46. The third-order valence-electron chi connectivity index (χ3n) is 4.88. The van der Waals surface area contributed by atoms with E-state index in [0.29, 0.717) is 42.9 Å². The Morgan fingerprint density at radius 1 is 0.926 bits per heavy atom. The fraction of sp³-hybridized carbons (Fsp3) is 0.238. The lowest BCUT2D eigenvalue weighted by molar-refractivity contribution is 0.0761. The molecule has 2 aromatic carbocycles. The van der Waals surface area contributed by atoms with Crippen LogP contribution in [-0.4, -0.2) is 42.0 Å². The van der Waals surface area contributed by atoms with Crippen LogP contribution in [0.5, 0.6) is 0 Å². The second kappa shape index (κ2) is 7.31. The number of aromatic nitrogens is 1. The SMILES string of the molecule is O=C(c1cc2cc(F)ccc2cn1)N1CCCN(c2ccccc2F)CC1. The summed E-state index contributed by atoms with van der Waals surface area (Å²) in [6, 6.07) is 12.7. The van der Waals surface area contributed by atoms with Crippen molar-refractivity contribution in [3.8, 4) is 0 Å². The summed E-state index contributed by atoms with van der Waals surface area (Å²) < 4.78 is 27.5. The number of amides is 1. The number of nitrogens with zero attached hydrogens (tertiary/aromatic N) is 3. The van der Waals surface area contributed by atoms with E-state index in [1.165, 1.54) is 18.2 Å². The van der Waals surface area contributed by atoms with Gasteiger partial charge in [0.05, 0.1) is 5.69 Å². The van der Waals surface area contributed by atoms with E-state index < -0.39 is 0 Å². The molecule has 0 N–H and O–H groups in total. The number of halogens is 2. The average Bonchev–Trinajstić information content (AvgIpc) is 2.93. The Kier molecular flexibility index (Phi) is 4.71. The minimum absolute atomic E-state index is 0.184. The van der Waals surface area contributed by atoms with Gasteiger partial charge in [0, 0.05) is 37.8 Å². The molecule has 0 saturated carbocycles. The molecule has 3 aromatic rings. The van der Waals surface area contributed by atoms with Gasteiger partial charge in [-0.05, 0) is 48.2 Å². The van der Waals surface area contributed by atoms with Gasteiger partial charge in [-0.3, -0.25) is 9.78 Å². The molecule has 0 aliphatic carbocycles. The Balaban J connectivity index is 1.52. The summed E-state index contributed by atoms with van der Waals surface area (Å²) in [6.07, 6.45) is 2.33. The highest BCUT2D eigenvalue weighted by Crippen LogP contribution is 2.21. The molecule has 1 fully saturated rings. The van der Waals surface area contributed by atoms with Gasteiger partial charge in [0.2, 0.25) is 0 Å². The van der Waals surface area contributed by atoms with Crippen molar-refractivity contribution in [1.82, 2.24) is 9.88 Å². The number of fused-ring (bicyclic) bond motifs is 1. The van der Waals surface area contributed by atoms with Crippen molar-refractivity contribution in [3.63, 3.8) is 0 Å². The van der Waals surface area contributed by atoms with Gasteiger partial charge in [-0.1, -0.05) is 12.1 Å². The lowest BCUT2D eigenvalue weighted by Gasteiger charge is -2.24. The molecule has 6 heteroatoms. The summed E-state index contributed by atoms with van der Waals surface area (Å²) in [5.74, 6) is -0.783. The first-order chi connectivity index (χ1) is 13.1. The molecular weight excluding hydrogens is 348 g/mol. The summed E-state index contributed by atoms with van der Waals surface area (Å²) in [6.45, 7) is 2.29. The first-order valence-corrected chi connectivity index (χ1v) is 8.96. The molecule has 1 saturated heterocycles. The minimum Gasteiger partial charge on any atom is -0.367 e. The summed E-state index contributed by atoms with van der Waals surface area (Å²) in [5.41, 5.74) is 0.860. The number of pyridine rings is 1. The van der Waals surface area contributed by atoms with E-state index in [-0.39, 0.29) is 17.5 Å². The first-order valence-electron chi connectivity index (χ1n) is 8.96. The van der Waals surface area contributed by atoms with Crippen LogP contribution in [0, 0.1) is 11.6 Å². The molecule has 4 rings (SSSR count). The Hall–Kier alpha value is -3.02. The molecule has 0 spiro atoms.